The van der Waals surface area contributed by atoms with Crippen LogP contribution in [0.2, 0.25) is 0 Å². The number of benzene rings is 6. The molecular weight excluding hydrogens is 440 g/mol. The van der Waals surface area contributed by atoms with Gasteiger partial charge in [0.05, 0.1) is 17.2 Å². The van der Waals surface area contributed by atoms with Gasteiger partial charge in [0.25, 0.3) is 0 Å². The van der Waals surface area contributed by atoms with E-state index in [4.69, 9.17) is 19.8 Å². The minimum absolute atomic E-state index is 0.139. The van der Waals surface area contributed by atoms with Gasteiger partial charge in [0.2, 0.25) is 0 Å². The Bertz CT molecular complexity index is 2450. The van der Waals surface area contributed by atoms with E-state index in [9.17, 15) is 0 Å². The van der Waals surface area contributed by atoms with Crippen LogP contribution in [-0.2, 0) is 0 Å². The Balaban J connectivity index is 1.66. The Morgan fingerprint density at radius 1 is 0.500 bits per heavy atom. The van der Waals surface area contributed by atoms with Crippen molar-refractivity contribution in [3.63, 3.8) is 0 Å². The Morgan fingerprint density at radius 2 is 1.11 bits per heavy atom. The van der Waals surface area contributed by atoms with Crippen LogP contribution in [0.15, 0.2) is 130 Å². The van der Waals surface area contributed by atoms with E-state index in [1.165, 1.54) is 6.26 Å². The molecule has 168 valence electrons. The first-order chi connectivity index (χ1) is 21.2. The van der Waals surface area contributed by atoms with Gasteiger partial charge in [0, 0.05) is 27.3 Å². The summed E-state index contributed by atoms with van der Waals surface area (Å²) in [7, 11) is 0. The van der Waals surface area contributed by atoms with Crippen LogP contribution in [0.5, 0.6) is 0 Å². The van der Waals surface area contributed by atoms with Crippen molar-refractivity contribution >= 4 is 54.5 Å². The van der Waals surface area contributed by atoms with Gasteiger partial charge in [0.15, 0.2) is 0 Å². The molecule has 2 nitrogen and oxygen atoms in total. The summed E-state index contributed by atoms with van der Waals surface area (Å²) in [6, 6.07) is 17.2. The summed E-state index contributed by atoms with van der Waals surface area (Å²) in [6.45, 7) is 0. The first-order valence-corrected chi connectivity index (χ1v) is 11.5. The summed E-state index contributed by atoms with van der Waals surface area (Å²) >= 11 is 0. The van der Waals surface area contributed by atoms with Gasteiger partial charge >= 0.3 is 0 Å². The van der Waals surface area contributed by atoms with Gasteiger partial charge in [-0.3, -0.25) is 0 Å². The lowest BCUT2D eigenvalue weighted by molar-refractivity contribution is 0.617. The van der Waals surface area contributed by atoms with Crippen LogP contribution in [0.25, 0.3) is 76.7 Å². The SMILES string of the molecule is [2H]c1c([2H])c([2H])c2c(-c3coc4cc5c(cc34)oc3ccccc35)c3c([2H])c([2H])c([2H])c([2H])c3c(-c3ccccc3)c2c1[2H]. The van der Waals surface area contributed by atoms with E-state index in [2.05, 4.69) is 0 Å². The molecule has 2 heterocycles. The number of para-hydroxylation sites is 1. The summed E-state index contributed by atoms with van der Waals surface area (Å²) in [5.74, 6) is 0. The summed E-state index contributed by atoms with van der Waals surface area (Å²) < 4.78 is 82.8. The third kappa shape index (κ3) is 2.67. The molecule has 0 aliphatic heterocycles. The number of hydrogen-bond donors (Lipinski definition) is 0. The quantitative estimate of drug-likeness (QED) is 0.236. The van der Waals surface area contributed by atoms with E-state index < -0.39 is 24.2 Å². The topological polar surface area (TPSA) is 26.3 Å². The summed E-state index contributed by atoms with van der Waals surface area (Å²) in [5.41, 5.74) is 3.31. The third-order valence-electron chi connectivity index (χ3n) is 6.78. The van der Waals surface area contributed by atoms with E-state index in [0.29, 0.717) is 38.8 Å². The minimum Gasteiger partial charge on any atom is -0.464 e. The normalized spacial score (nSPS) is 15.0. The van der Waals surface area contributed by atoms with Gasteiger partial charge in [-0.2, -0.15) is 0 Å². The van der Waals surface area contributed by atoms with E-state index >= 15 is 0 Å². The smallest absolute Gasteiger partial charge is 0.136 e. The van der Waals surface area contributed by atoms with Crippen LogP contribution < -0.4 is 0 Å². The molecule has 0 fully saturated rings. The molecule has 0 atom stereocenters. The van der Waals surface area contributed by atoms with Crippen LogP contribution in [0, 0.1) is 0 Å². The molecule has 8 aromatic rings. The predicted molar refractivity (Wildman–Crippen MR) is 149 cm³/mol. The van der Waals surface area contributed by atoms with Crippen LogP contribution in [0.4, 0.5) is 0 Å². The van der Waals surface area contributed by atoms with Crippen molar-refractivity contribution in [3.05, 3.63) is 121 Å². The van der Waals surface area contributed by atoms with Crippen molar-refractivity contribution in [3.8, 4) is 22.3 Å². The van der Waals surface area contributed by atoms with Crippen molar-refractivity contribution in [1.82, 2.24) is 0 Å². The Labute approximate surface area is 218 Å². The summed E-state index contributed by atoms with van der Waals surface area (Å²) in [4.78, 5) is 0. The van der Waals surface area contributed by atoms with Crippen molar-refractivity contribution in [1.29, 1.82) is 0 Å². The van der Waals surface area contributed by atoms with E-state index in [1.807, 2.05) is 42.5 Å². The molecule has 0 amide bonds. The fourth-order valence-corrected chi connectivity index (χ4v) is 5.23. The molecule has 2 heteroatoms. The molecule has 0 aliphatic carbocycles. The molecule has 6 aromatic carbocycles. The molecule has 0 aliphatic rings. The number of rotatable bonds is 2. The second-order valence-corrected chi connectivity index (χ2v) is 8.71. The van der Waals surface area contributed by atoms with Crippen molar-refractivity contribution in [2.24, 2.45) is 0 Å². The second-order valence-electron chi connectivity index (χ2n) is 8.71. The van der Waals surface area contributed by atoms with Crippen LogP contribution in [0.1, 0.15) is 11.0 Å². The fraction of sp³-hybridized carbons (Fsp3) is 0. The van der Waals surface area contributed by atoms with Crippen molar-refractivity contribution in [2.75, 3.05) is 0 Å². The molecule has 36 heavy (non-hydrogen) atoms. The van der Waals surface area contributed by atoms with E-state index in [1.54, 1.807) is 24.3 Å². The molecule has 2 aromatic heterocycles. The Morgan fingerprint density at radius 3 is 1.83 bits per heavy atom. The lowest BCUT2D eigenvalue weighted by Crippen LogP contribution is -1.90. The Hall–Kier alpha value is -4.82. The van der Waals surface area contributed by atoms with Crippen molar-refractivity contribution < 1.29 is 19.8 Å². The van der Waals surface area contributed by atoms with Crippen LogP contribution >= 0.6 is 0 Å². The highest BCUT2D eigenvalue weighted by molar-refractivity contribution is 6.24. The zero-order valence-electron chi connectivity index (χ0n) is 26.7. The van der Waals surface area contributed by atoms with Crippen LogP contribution in [-0.4, -0.2) is 0 Å². The molecule has 0 radical (unpaired) electrons. The highest BCUT2D eigenvalue weighted by Crippen LogP contribution is 2.46. The zero-order valence-corrected chi connectivity index (χ0v) is 18.7. The van der Waals surface area contributed by atoms with Gasteiger partial charge < -0.3 is 8.83 Å². The number of furan rings is 2. The second kappa shape index (κ2) is 7.34. The van der Waals surface area contributed by atoms with Gasteiger partial charge in [0.1, 0.15) is 16.7 Å². The predicted octanol–water partition coefficient (Wildman–Crippen LogP) is 9.97. The molecule has 0 saturated heterocycles. The molecule has 0 unspecified atom stereocenters. The lowest BCUT2D eigenvalue weighted by atomic mass is 9.86. The summed E-state index contributed by atoms with van der Waals surface area (Å²) in [6.07, 6.45) is 1.48. The average Bonchev–Trinajstić information content (AvgIpc) is 3.62. The maximum atomic E-state index is 9.10. The molecule has 0 spiro atoms. The highest BCUT2D eigenvalue weighted by Gasteiger charge is 2.20. The molecule has 0 saturated carbocycles. The number of fused-ring (bicyclic) bond motifs is 6. The van der Waals surface area contributed by atoms with Gasteiger partial charge in [-0.15, -0.1) is 0 Å². The fourth-order valence-electron chi connectivity index (χ4n) is 5.23. The standard InChI is InChI=1S/C34H20O2/c1-2-10-21(11-3-1)33-23-13-4-6-15-25(23)34(26-16-7-5-14-24(26)33)29-20-35-31-18-27-22-12-8-9-17-30(22)36-32(27)19-28(29)31/h1-20H/i4D,5D,6D,7D,13D,14D,15D,16D. The molecule has 0 N–H and O–H groups in total. The molecule has 0 bridgehead atoms. The monoisotopic (exact) mass is 468 g/mol. The minimum atomic E-state index is -0.449. The average molecular weight is 469 g/mol. The van der Waals surface area contributed by atoms with Crippen LogP contribution in [0.3, 0.4) is 0 Å². The maximum Gasteiger partial charge on any atom is 0.136 e. The highest BCUT2D eigenvalue weighted by atomic mass is 16.3. The van der Waals surface area contributed by atoms with E-state index in [-0.39, 0.29) is 51.3 Å². The maximum absolute atomic E-state index is 9.10. The Kier molecular flexibility index (Phi) is 2.71. The first-order valence-electron chi connectivity index (χ1n) is 15.5. The van der Waals surface area contributed by atoms with Crippen molar-refractivity contribution in [2.45, 2.75) is 0 Å². The summed E-state index contributed by atoms with van der Waals surface area (Å²) in [5, 5.41) is 2.93. The van der Waals surface area contributed by atoms with E-state index in [0.717, 1.165) is 10.8 Å². The largest absolute Gasteiger partial charge is 0.464 e. The molecular formula is C34H20O2. The van der Waals surface area contributed by atoms with Gasteiger partial charge in [-0.05, 0) is 50.9 Å². The zero-order chi connectivity index (χ0) is 30.6. The third-order valence-corrected chi connectivity index (χ3v) is 6.78. The first kappa shape index (κ1) is 13.3. The van der Waals surface area contributed by atoms with Gasteiger partial charge in [-0.1, -0.05) is 96.9 Å². The lowest BCUT2D eigenvalue weighted by Gasteiger charge is -2.17. The van der Waals surface area contributed by atoms with Gasteiger partial charge in [-0.25, -0.2) is 0 Å². The number of hydrogen-bond acceptors (Lipinski definition) is 2. The molecule has 8 rings (SSSR count).